The molecule has 0 unspecified atom stereocenters. The molecule has 8 heteroatoms. The number of benzene rings is 1. The molecule has 1 N–H and O–H groups in total. The van der Waals surface area contributed by atoms with Gasteiger partial charge in [0, 0.05) is 25.2 Å². The van der Waals surface area contributed by atoms with Crippen molar-refractivity contribution in [3.05, 3.63) is 46.8 Å². The molecular formula is C17H19N3O4S. The van der Waals surface area contributed by atoms with E-state index in [0.717, 1.165) is 0 Å². The number of carbonyl (C=O) groups is 1. The van der Waals surface area contributed by atoms with Crippen LogP contribution in [0, 0.1) is 25.7 Å². The first kappa shape index (κ1) is 18.7. The summed E-state index contributed by atoms with van der Waals surface area (Å²) in [5.41, 5.74) is 1.56. The molecule has 1 heterocycles. The quantitative estimate of drug-likeness (QED) is 0.829. The van der Waals surface area contributed by atoms with Crippen LogP contribution in [-0.4, -0.2) is 45.0 Å². The fourth-order valence-electron chi connectivity index (χ4n) is 2.16. The molecule has 1 amide bonds. The third kappa shape index (κ3) is 4.47. The second-order valence-electron chi connectivity index (χ2n) is 5.56. The number of nitrogens with zero attached hydrogens (tertiary/aromatic N) is 2. The minimum absolute atomic E-state index is 0.0425. The number of hydrogen-bond acceptors (Lipinski definition) is 5. The Kier molecular flexibility index (Phi) is 5.62. The van der Waals surface area contributed by atoms with E-state index in [-0.39, 0.29) is 23.1 Å². The van der Waals surface area contributed by atoms with Gasteiger partial charge < -0.3 is 9.42 Å². The molecule has 0 saturated heterocycles. The van der Waals surface area contributed by atoms with Crippen molar-refractivity contribution in [3.63, 3.8) is 0 Å². The first-order valence-electron chi connectivity index (χ1n) is 7.45. The van der Waals surface area contributed by atoms with Crippen molar-refractivity contribution < 1.29 is 17.7 Å². The normalized spacial score (nSPS) is 10.9. The molecule has 1 aromatic carbocycles. The number of rotatable bonds is 4. The van der Waals surface area contributed by atoms with Crippen LogP contribution in [-0.2, 0) is 10.0 Å². The molecule has 0 saturated carbocycles. The fourth-order valence-corrected chi connectivity index (χ4v) is 3.41. The first-order valence-corrected chi connectivity index (χ1v) is 8.94. The average Bonchev–Trinajstić information content (AvgIpc) is 2.91. The summed E-state index contributed by atoms with van der Waals surface area (Å²) in [5, 5.41) is 3.63. The molecule has 7 nitrogen and oxygen atoms in total. The van der Waals surface area contributed by atoms with Crippen LogP contribution < -0.4 is 4.72 Å². The van der Waals surface area contributed by atoms with Crippen molar-refractivity contribution in [2.75, 3.05) is 20.6 Å². The van der Waals surface area contributed by atoms with Crippen molar-refractivity contribution in [1.82, 2.24) is 14.8 Å². The van der Waals surface area contributed by atoms with Crippen molar-refractivity contribution in [1.29, 1.82) is 0 Å². The Morgan fingerprint density at radius 3 is 2.40 bits per heavy atom. The van der Waals surface area contributed by atoms with Crippen LogP contribution in [0.15, 0.2) is 33.7 Å². The third-order valence-electron chi connectivity index (χ3n) is 3.36. The SMILES string of the molecule is Cc1noc(C)c1S(=O)(=O)NCC#Cc1ccc(C(=O)N(C)C)cc1. The van der Waals surface area contributed by atoms with Crippen molar-refractivity contribution >= 4 is 15.9 Å². The lowest BCUT2D eigenvalue weighted by atomic mass is 10.1. The summed E-state index contributed by atoms with van der Waals surface area (Å²) >= 11 is 0. The molecule has 2 rings (SSSR count). The second-order valence-corrected chi connectivity index (χ2v) is 7.26. The number of nitrogens with one attached hydrogen (secondary N) is 1. The summed E-state index contributed by atoms with van der Waals surface area (Å²) < 4.78 is 31.7. The molecule has 1 aromatic heterocycles. The van der Waals surface area contributed by atoms with Crippen LogP contribution in [0.2, 0.25) is 0 Å². The molecule has 0 spiro atoms. The molecule has 0 bridgehead atoms. The van der Waals surface area contributed by atoms with Crippen LogP contribution in [0.1, 0.15) is 27.4 Å². The van der Waals surface area contributed by atoms with Gasteiger partial charge in [0.1, 0.15) is 10.6 Å². The molecule has 2 aromatic rings. The third-order valence-corrected chi connectivity index (χ3v) is 5.00. The zero-order chi connectivity index (χ0) is 18.6. The van der Waals surface area contributed by atoms with Crippen molar-refractivity contribution in [2.24, 2.45) is 0 Å². The summed E-state index contributed by atoms with van der Waals surface area (Å²) in [4.78, 5) is 13.3. The van der Waals surface area contributed by atoms with E-state index in [9.17, 15) is 13.2 Å². The van der Waals surface area contributed by atoms with Gasteiger partial charge in [-0.1, -0.05) is 17.0 Å². The lowest BCUT2D eigenvalue weighted by Crippen LogP contribution is -2.25. The monoisotopic (exact) mass is 361 g/mol. The maximum atomic E-state index is 12.2. The lowest BCUT2D eigenvalue weighted by Gasteiger charge is -2.09. The van der Waals surface area contributed by atoms with Gasteiger partial charge in [-0.2, -0.15) is 4.72 Å². The molecule has 132 valence electrons. The Bertz CT molecular complexity index is 913. The van der Waals surface area contributed by atoms with Gasteiger partial charge in [0.2, 0.25) is 10.0 Å². The highest BCUT2D eigenvalue weighted by Crippen LogP contribution is 2.18. The number of carbonyl (C=O) groups excluding carboxylic acids is 1. The van der Waals surface area contributed by atoms with E-state index in [1.807, 2.05) is 0 Å². The number of aryl methyl sites for hydroxylation is 2. The van der Waals surface area contributed by atoms with Crippen LogP contribution in [0.25, 0.3) is 0 Å². The first-order chi connectivity index (χ1) is 11.7. The highest BCUT2D eigenvalue weighted by atomic mass is 32.2. The van der Waals surface area contributed by atoms with E-state index in [2.05, 4.69) is 21.7 Å². The molecule has 0 aliphatic carbocycles. The maximum absolute atomic E-state index is 12.2. The summed E-state index contributed by atoms with van der Waals surface area (Å²) in [6.07, 6.45) is 0. The van der Waals surface area contributed by atoms with E-state index in [1.54, 1.807) is 45.3 Å². The van der Waals surface area contributed by atoms with Gasteiger partial charge in [-0.05, 0) is 38.1 Å². The largest absolute Gasteiger partial charge is 0.360 e. The van der Waals surface area contributed by atoms with E-state index in [4.69, 9.17) is 4.52 Å². The Balaban J connectivity index is 2.02. The topological polar surface area (TPSA) is 92.5 Å². The summed E-state index contributed by atoms with van der Waals surface area (Å²) in [5.74, 6) is 5.73. The van der Waals surface area contributed by atoms with Gasteiger partial charge in [0.15, 0.2) is 5.76 Å². The standard InChI is InChI=1S/C17H19N3O4S/c1-12-16(13(2)24-19-12)25(22,23)18-11-5-6-14-7-9-15(10-8-14)17(21)20(3)4/h7-10,18H,11H2,1-4H3. The van der Waals surface area contributed by atoms with E-state index in [1.165, 1.54) is 11.8 Å². The Hall–Kier alpha value is -2.63. The summed E-state index contributed by atoms with van der Waals surface area (Å²) in [6.45, 7) is 3.05. The lowest BCUT2D eigenvalue weighted by molar-refractivity contribution is 0.0827. The second kappa shape index (κ2) is 7.51. The number of amides is 1. The smallest absolute Gasteiger partial charge is 0.253 e. The number of aromatic nitrogens is 1. The van der Waals surface area contributed by atoms with Gasteiger partial charge in [-0.25, -0.2) is 8.42 Å². The summed E-state index contributed by atoms with van der Waals surface area (Å²) in [7, 11) is -0.356. The highest BCUT2D eigenvalue weighted by molar-refractivity contribution is 7.89. The fraction of sp³-hybridized carbons (Fsp3) is 0.294. The zero-order valence-corrected chi connectivity index (χ0v) is 15.3. The highest BCUT2D eigenvalue weighted by Gasteiger charge is 2.23. The molecule has 0 fully saturated rings. The molecule has 0 radical (unpaired) electrons. The van der Waals surface area contributed by atoms with Gasteiger partial charge >= 0.3 is 0 Å². The molecule has 0 aliphatic heterocycles. The van der Waals surface area contributed by atoms with Gasteiger partial charge in [-0.15, -0.1) is 0 Å². The van der Waals surface area contributed by atoms with Crippen LogP contribution in [0.5, 0.6) is 0 Å². The van der Waals surface area contributed by atoms with Crippen LogP contribution in [0.3, 0.4) is 0 Å². The molecule has 25 heavy (non-hydrogen) atoms. The number of hydrogen-bond donors (Lipinski definition) is 1. The Morgan fingerprint density at radius 1 is 1.24 bits per heavy atom. The van der Waals surface area contributed by atoms with E-state index in [0.29, 0.717) is 16.8 Å². The van der Waals surface area contributed by atoms with Gasteiger partial charge in [-0.3, -0.25) is 4.79 Å². The van der Waals surface area contributed by atoms with Crippen molar-refractivity contribution in [2.45, 2.75) is 18.7 Å². The average molecular weight is 361 g/mol. The van der Waals surface area contributed by atoms with Gasteiger partial charge in [0.05, 0.1) is 6.54 Å². The van der Waals surface area contributed by atoms with E-state index < -0.39 is 10.0 Å². The zero-order valence-electron chi connectivity index (χ0n) is 14.5. The Morgan fingerprint density at radius 2 is 1.88 bits per heavy atom. The Labute approximate surface area is 147 Å². The predicted molar refractivity (Wildman–Crippen MR) is 92.5 cm³/mol. The molecule has 0 aliphatic rings. The predicted octanol–water partition coefficient (Wildman–Crippen LogP) is 1.32. The van der Waals surface area contributed by atoms with Crippen molar-refractivity contribution in [3.8, 4) is 11.8 Å². The minimum Gasteiger partial charge on any atom is -0.360 e. The maximum Gasteiger partial charge on any atom is 0.253 e. The molecular weight excluding hydrogens is 342 g/mol. The van der Waals surface area contributed by atoms with Crippen LogP contribution in [0.4, 0.5) is 0 Å². The minimum atomic E-state index is -3.72. The molecule has 0 atom stereocenters. The number of sulfonamides is 1. The van der Waals surface area contributed by atoms with Gasteiger partial charge in [0.25, 0.3) is 5.91 Å². The van der Waals surface area contributed by atoms with Crippen LogP contribution >= 0.6 is 0 Å². The summed E-state index contributed by atoms with van der Waals surface area (Å²) in [6, 6.07) is 6.79. The van der Waals surface area contributed by atoms with E-state index >= 15 is 0 Å².